The molecule has 4 nitrogen and oxygen atoms in total. The Morgan fingerprint density at radius 2 is 1.92 bits per heavy atom. The minimum absolute atomic E-state index is 0.196. The molecule has 0 saturated heterocycles. The summed E-state index contributed by atoms with van der Waals surface area (Å²) < 4.78 is 0. The number of nitrogens with one attached hydrogen (secondary N) is 1. The minimum atomic E-state index is -0.219. The molecule has 2 rings (SSSR count). The third kappa shape index (κ3) is 0.983. The van der Waals surface area contributed by atoms with Crippen LogP contribution in [0.1, 0.15) is 5.56 Å². The van der Waals surface area contributed by atoms with E-state index in [-0.39, 0.29) is 11.5 Å². The van der Waals surface area contributed by atoms with Gasteiger partial charge in [-0.25, -0.2) is 0 Å². The zero-order valence-corrected chi connectivity index (χ0v) is 6.57. The maximum atomic E-state index is 9.18. The van der Waals surface area contributed by atoms with E-state index >= 15 is 0 Å². The fraction of sp³-hybridized carbons (Fsp3) is 0. The molecule has 0 unspecified atom stereocenters. The molecule has 0 aliphatic heterocycles. The van der Waals surface area contributed by atoms with E-state index < -0.39 is 0 Å². The summed E-state index contributed by atoms with van der Waals surface area (Å²) in [6.07, 6.45) is 1.53. The molecular weight excluding hydrogens is 168 g/mol. The van der Waals surface area contributed by atoms with E-state index in [1.165, 1.54) is 18.3 Å². The van der Waals surface area contributed by atoms with E-state index in [0.717, 1.165) is 0 Å². The number of phenols is 2. The number of rotatable bonds is 0. The maximum Gasteiger partial charge on any atom is 0.159 e. The smallest absolute Gasteiger partial charge is 0.159 e. The van der Waals surface area contributed by atoms with Crippen molar-refractivity contribution >= 4 is 10.9 Å². The summed E-state index contributed by atoms with van der Waals surface area (Å²) in [4.78, 5) is 2.81. The molecule has 0 aliphatic rings. The van der Waals surface area contributed by atoms with Gasteiger partial charge in [0.15, 0.2) is 11.5 Å². The second kappa shape index (κ2) is 2.42. The molecule has 1 heterocycles. The summed E-state index contributed by atoms with van der Waals surface area (Å²) in [6.45, 7) is 0. The molecule has 0 fully saturated rings. The molecule has 0 radical (unpaired) electrons. The number of aromatic hydroxyl groups is 2. The van der Waals surface area contributed by atoms with Crippen molar-refractivity contribution in [2.45, 2.75) is 0 Å². The highest BCUT2D eigenvalue weighted by Crippen LogP contribution is 2.30. The van der Waals surface area contributed by atoms with Gasteiger partial charge in [0.1, 0.15) is 6.07 Å². The fourth-order valence-electron chi connectivity index (χ4n) is 1.24. The monoisotopic (exact) mass is 174 g/mol. The first-order chi connectivity index (χ1) is 6.22. The molecule has 0 bridgehead atoms. The van der Waals surface area contributed by atoms with Crippen molar-refractivity contribution in [1.29, 1.82) is 5.26 Å². The Hall–Kier alpha value is -2.15. The van der Waals surface area contributed by atoms with Crippen LogP contribution in [0.3, 0.4) is 0 Å². The average molecular weight is 174 g/mol. The lowest BCUT2D eigenvalue weighted by atomic mass is 10.2. The Balaban J connectivity index is 2.86. The molecular formula is C9H6N2O2. The van der Waals surface area contributed by atoms with E-state index in [1.54, 1.807) is 0 Å². The summed E-state index contributed by atoms with van der Waals surface area (Å²) in [6, 6.07) is 4.71. The number of phenolic OH excluding ortho intramolecular Hbond substituents is 2. The van der Waals surface area contributed by atoms with Crippen LogP contribution >= 0.6 is 0 Å². The maximum absolute atomic E-state index is 9.18. The van der Waals surface area contributed by atoms with Crippen molar-refractivity contribution in [3.63, 3.8) is 0 Å². The number of nitriles is 1. The zero-order chi connectivity index (χ0) is 9.42. The van der Waals surface area contributed by atoms with Gasteiger partial charge in [-0.3, -0.25) is 0 Å². The standard InChI is InChI=1S/C9H6N2O2/c10-3-5-4-11-7-2-9(13)8(12)1-6(5)7/h1-2,4,11-13H. The fourth-order valence-corrected chi connectivity index (χ4v) is 1.24. The molecule has 0 spiro atoms. The number of aromatic nitrogens is 1. The molecule has 0 atom stereocenters. The number of nitrogens with zero attached hydrogens (tertiary/aromatic N) is 1. The van der Waals surface area contributed by atoms with Gasteiger partial charge in [-0.05, 0) is 6.07 Å². The van der Waals surface area contributed by atoms with Crippen LogP contribution in [-0.4, -0.2) is 15.2 Å². The predicted molar refractivity (Wildman–Crippen MR) is 46.3 cm³/mol. The van der Waals surface area contributed by atoms with Crippen molar-refractivity contribution < 1.29 is 10.2 Å². The molecule has 4 heteroatoms. The van der Waals surface area contributed by atoms with Gasteiger partial charge < -0.3 is 15.2 Å². The Labute approximate surface area is 73.7 Å². The largest absolute Gasteiger partial charge is 0.504 e. The molecule has 0 saturated carbocycles. The zero-order valence-electron chi connectivity index (χ0n) is 6.57. The van der Waals surface area contributed by atoms with E-state index in [9.17, 15) is 5.11 Å². The van der Waals surface area contributed by atoms with Crippen LogP contribution in [0.25, 0.3) is 10.9 Å². The third-order valence-electron chi connectivity index (χ3n) is 1.90. The summed E-state index contributed by atoms with van der Waals surface area (Å²) in [7, 11) is 0. The molecule has 0 amide bonds. The summed E-state index contributed by atoms with van der Waals surface area (Å²) >= 11 is 0. The van der Waals surface area contributed by atoms with Crippen LogP contribution < -0.4 is 0 Å². The summed E-state index contributed by atoms with van der Waals surface area (Å²) in [5.41, 5.74) is 1.08. The quantitative estimate of drug-likeness (QED) is 0.529. The molecule has 1 aromatic carbocycles. The summed E-state index contributed by atoms with van der Waals surface area (Å²) in [5.74, 6) is -0.414. The van der Waals surface area contributed by atoms with Crippen molar-refractivity contribution in [1.82, 2.24) is 4.98 Å². The Bertz CT molecular complexity index is 508. The lowest BCUT2D eigenvalue weighted by Gasteiger charge is -1.96. The highest BCUT2D eigenvalue weighted by atomic mass is 16.3. The number of hydrogen-bond donors (Lipinski definition) is 3. The van der Waals surface area contributed by atoms with Gasteiger partial charge in [-0.15, -0.1) is 0 Å². The predicted octanol–water partition coefficient (Wildman–Crippen LogP) is 1.45. The minimum Gasteiger partial charge on any atom is -0.504 e. The Kier molecular flexibility index (Phi) is 1.40. The van der Waals surface area contributed by atoms with E-state index in [2.05, 4.69) is 4.98 Å². The molecule has 1 aromatic heterocycles. The normalized spacial score (nSPS) is 10.1. The molecule has 3 N–H and O–H groups in total. The number of hydrogen-bond acceptors (Lipinski definition) is 3. The topological polar surface area (TPSA) is 80.0 Å². The number of aromatic amines is 1. The van der Waals surface area contributed by atoms with Crippen LogP contribution in [0, 0.1) is 11.3 Å². The van der Waals surface area contributed by atoms with Gasteiger partial charge in [0.25, 0.3) is 0 Å². The van der Waals surface area contributed by atoms with Crippen LogP contribution in [0.4, 0.5) is 0 Å². The van der Waals surface area contributed by atoms with Crippen LogP contribution in [0.2, 0.25) is 0 Å². The molecule has 64 valence electrons. The van der Waals surface area contributed by atoms with E-state index in [0.29, 0.717) is 16.5 Å². The molecule has 2 aromatic rings. The third-order valence-corrected chi connectivity index (χ3v) is 1.90. The van der Waals surface area contributed by atoms with E-state index in [4.69, 9.17) is 10.4 Å². The number of fused-ring (bicyclic) bond motifs is 1. The highest BCUT2D eigenvalue weighted by Gasteiger charge is 2.06. The van der Waals surface area contributed by atoms with Gasteiger partial charge in [0.05, 0.1) is 11.1 Å². The first-order valence-electron chi connectivity index (χ1n) is 3.65. The van der Waals surface area contributed by atoms with Crippen LogP contribution in [-0.2, 0) is 0 Å². The molecule has 13 heavy (non-hydrogen) atoms. The second-order valence-corrected chi connectivity index (χ2v) is 2.70. The van der Waals surface area contributed by atoms with Gasteiger partial charge in [-0.1, -0.05) is 0 Å². The molecule has 0 aliphatic carbocycles. The van der Waals surface area contributed by atoms with Crippen molar-refractivity contribution in [3.8, 4) is 17.6 Å². The summed E-state index contributed by atoms with van der Waals surface area (Å²) in [5, 5.41) is 27.6. The number of H-pyrrole nitrogens is 1. The lowest BCUT2D eigenvalue weighted by molar-refractivity contribution is 0.405. The number of benzene rings is 1. The Morgan fingerprint density at radius 1 is 1.23 bits per heavy atom. The van der Waals surface area contributed by atoms with Crippen molar-refractivity contribution in [2.75, 3.05) is 0 Å². The van der Waals surface area contributed by atoms with Crippen LogP contribution in [0.5, 0.6) is 11.5 Å². The van der Waals surface area contributed by atoms with Gasteiger partial charge in [-0.2, -0.15) is 5.26 Å². The van der Waals surface area contributed by atoms with Gasteiger partial charge >= 0.3 is 0 Å². The first-order valence-corrected chi connectivity index (χ1v) is 3.65. The Morgan fingerprint density at radius 3 is 2.62 bits per heavy atom. The first kappa shape index (κ1) is 7.50. The van der Waals surface area contributed by atoms with Crippen molar-refractivity contribution in [3.05, 3.63) is 23.9 Å². The second-order valence-electron chi connectivity index (χ2n) is 2.70. The van der Waals surface area contributed by atoms with Crippen LogP contribution in [0.15, 0.2) is 18.3 Å². The van der Waals surface area contributed by atoms with Gasteiger partial charge in [0, 0.05) is 17.6 Å². The average Bonchev–Trinajstić information content (AvgIpc) is 2.48. The van der Waals surface area contributed by atoms with Gasteiger partial charge in [0.2, 0.25) is 0 Å². The van der Waals surface area contributed by atoms with E-state index in [1.807, 2.05) is 6.07 Å². The SMILES string of the molecule is N#Cc1c[nH]c2cc(O)c(O)cc12. The lowest BCUT2D eigenvalue weighted by Crippen LogP contribution is -1.72. The van der Waals surface area contributed by atoms with Crippen molar-refractivity contribution in [2.24, 2.45) is 0 Å². The highest BCUT2D eigenvalue weighted by molar-refractivity contribution is 5.88.